The van der Waals surface area contributed by atoms with Crippen molar-refractivity contribution >= 4 is 11.7 Å². The lowest BCUT2D eigenvalue weighted by atomic mass is 9.87. The Bertz CT molecular complexity index is 454. The van der Waals surface area contributed by atoms with E-state index in [1.807, 2.05) is 0 Å². The summed E-state index contributed by atoms with van der Waals surface area (Å²) in [5.74, 6) is -0.687. The van der Waals surface area contributed by atoms with Gasteiger partial charge in [-0.3, -0.25) is 4.79 Å². The molecule has 3 nitrogen and oxygen atoms in total. The molecule has 1 N–H and O–H groups in total. The molecule has 0 saturated heterocycles. The van der Waals surface area contributed by atoms with E-state index >= 15 is 0 Å². The van der Waals surface area contributed by atoms with Crippen LogP contribution in [-0.2, 0) is 10.2 Å². The van der Waals surface area contributed by atoms with E-state index in [0.717, 1.165) is 32.4 Å². The number of unbranched alkanes of at least 4 members (excludes halogenated alkanes) is 2. The van der Waals surface area contributed by atoms with Crippen molar-refractivity contribution in [3.05, 3.63) is 29.8 Å². The smallest absolute Gasteiger partial charge is 0.303 e. The van der Waals surface area contributed by atoms with Crippen LogP contribution in [0.2, 0.25) is 0 Å². The molecule has 19 heavy (non-hydrogen) atoms. The molecule has 3 heteroatoms. The second-order valence-corrected chi connectivity index (χ2v) is 6.03. The van der Waals surface area contributed by atoms with Crippen LogP contribution in [0.4, 0.5) is 5.69 Å². The number of fused-ring (bicyclic) bond motifs is 1. The van der Waals surface area contributed by atoms with Crippen LogP contribution < -0.4 is 4.90 Å². The summed E-state index contributed by atoms with van der Waals surface area (Å²) in [6, 6.07) is 8.62. The van der Waals surface area contributed by atoms with Gasteiger partial charge in [0.05, 0.1) is 0 Å². The quantitative estimate of drug-likeness (QED) is 0.798. The molecule has 1 heterocycles. The zero-order valence-electron chi connectivity index (χ0n) is 11.9. The Balaban J connectivity index is 1.88. The minimum atomic E-state index is -0.687. The molecule has 0 bridgehead atoms. The van der Waals surface area contributed by atoms with E-state index in [2.05, 4.69) is 43.0 Å². The number of carboxylic acids is 1. The Morgan fingerprint density at radius 3 is 2.74 bits per heavy atom. The van der Waals surface area contributed by atoms with Gasteiger partial charge in [0.25, 0.3) is 0 Å². The van der Waals surface area contributed by atoms with Gasteiger partial charge in [0.1, 0.15) is 0 Å². The molecule has 0 saturated carbocycles. The lowest BCUT2D eigenvalue weighted by Gasteiger charge is -2.22. The molecule has 0 aromatic heterocycles. The van der Waals surface area contributed by atoms with E-state index in [9.17, 15) is 4.79 Å². The molecule has 0 fully saturated rings. The third-order valence-electron chi connectivity index (χ3n) is 3.88. The van der Waals surface area contributed by atoms with Gasteiger partial charge in [0.2, 0.25) is 0 Å². The van der Waals surface area contributed by atoms with E-state index < -0.39 is 5.97 Å². The lowest BCUT2D eigenvalue weighted by molar-refractivity contribution is -0.137. The number of nitrogens with zero attached hydrogens (tertiary/aromatic N) is 1. The van der Waals surface area contributed by atoms with Gasteiger partial charge in [-0.05, 0) is 24.5 Å². The van der Waals surface area contributed by atoms with Gasteiger partial charge in [-0.15, -0.1) is 0 Å². The number of benzene rings is 1. The number of hydrogen-bond acceptors (Lipinski definition) is 2. The number of carboxylic acid groups (broad SMARTS) is 1. The van der Waals surface area contributed by atoms with Crippen LogP contribution in [-0.4, -0.2) is 24.2 Å². The highest BCUT2D eigenvalue weighted by Crippen LogP contribution is 2.40. The summed E-state index contributed by atoms with van der Waals surface area (Å²) in [6.07, 6.45) is 3.14. The molecule has 0 spiro atoms. The molecule has 0 aliphatic carbocycles. The summed E-state index contributed by atoms with van der Waals surface area (Å²) in [6.45, 7) is 6.66. The second-order valence-electron chi connectivity index (χ2n) is 6.03. The first kappa shape index (κ1) is 13.9. The number of para-hydroxylation sites is 1. The summed E-state index contributed by atoms with van der Waals surface area (Å²) < 4.78 is 0. The first-order chi connectivity index (χ1) is 9.00. The van der Waals surface area contributed by atoms with Crippen LogP contribution in [0.3, 0.4) is 0 Å². The molecule has 0 atom stereocenters. The third kappa shape index (κ3) is 3.28. The van der Waals surface area contributed by atoms with E-state index in [1.54, 1.807) is 0 Å². The summed E-state index contributed by atoms with van der Waals surface area (Å²) in [7, 11) is 0. The molecule has 0 unspecified atom stereocenters. The lowest BCUT2D eigenvalue weighted by Crippen LogP contribution is -2.29. The first-order valence-electron chi connectivity index (χ1n) is 7.07. The molecule has 1 aromatic carbocycles. The number of carbonyl (C=O) groups is 1. The van der Waals surface area contributed by atoms with Gasteiger partial charge in [-0.2, -0.15) is 0 Å². The van der Waals surface area contributed by atoms with Crippen molar-refractivity contribution in [2.45, 2.75) is 44.9 Å². The Kier molecular flexibility index (Phi) is 4.13. The second kappa shape index (κ2) is 5.64. The maximum atomic E-state index is 10.5. The zero-order chi connectivity index (χ0) is 13.9. The molecule has 1 aromatic rings. The Hall–Kier alpha value is -1.51. The molecule has 1 aliphatic heterocycles. The van der Waals surface area contributed by atoms with Crippen LogP contribution >= 0.6 is 0 Å². The minimum Gasteiger partial charge on any atom is -0.481 e. The maximum absolute atomic E-state index is 10.5. The monoisotopic (exact) mass is 261 g/mol. The average molecular weight is 261 g/mol. The Morgan fingerprint density at radius 2 is 2.00 bits per heavy atom. The predicted molar refractivity (Wildman–Crippen MR) is 77.8 cm³/mol. The largest absolute Gasteiger partial charge is 0.481 e. The van der Waals surface area contributed by atoms with Gasteiger partial charge >= 0.3 is 5.97 Å². The summed E-state index contributed by atoms with van der Waals surface area (Å²) in [4.78, 5) is 12.9. The van der Waals surface area contributed by atoms with Gasteiger partial charge in [-0.25, -0.2) is 0 Å². The normalized spacial score (nSPS) is 16.4. The fraction of sp³-hybridized carbons (Fsp3) is 0.562. The van der Waals surface area contributed by atoms with Crippen LogP contribution in [0.1, 0.15) is 45.1 Å². The molecule has 0 amide bonds. The molecular formula is C16H23NO2. The number of anilines is 1. The molecule has 0 radical (unpaired) electrons. The zero-order valence-corrected chi connectivity index (χ0v) is 11.9. The fourth-order valence-electron chi connectivity index (χ4n) is 2.92. The highest BCUT2D eigenvalue weighted by molar-refractivity contribution is 5.66. The highest BCUT2D eigenvalue weighted by atomic mass is 16.4. The number of rotatable bonds is 6. The number of aliphatic carboxylic acids is 1. The topological polar surface area (TPSA) is 40.5 Å². The van der Waals surface area contributed by atoms with Crippen molar-refractivity contribution in [1.82, 2.24) is 0 Å². The Morgan fingerprint density at radius 1 is 1.26 bits per heavy atom. The molecular weight excluding hydrogens is 238 g/mol. The fourth-order valence-corrected chi connectivity index (χ4v) is 2.92. The van der Waals surface area contributed by atoms with E-state index in [4.69, 9.17) is 5.11 Å². The van der Waals surface area contributed by atoms with Crippen LogP contribution in [0.5, 0.6) is 0 Å². The van der Waals surface area contributed by atoms with Crippen molar-refractivity contribution in [3.8, 4) is 0 Å². The van der Waals surface area contributed by atoms with Crippen molar-refractivity contribution in [2.75, 3.05) is 18.0 Å². The van der Waals surface area contributed by atoms with Crippen molar-refractivity contribution in [2.24, 2.45) is 0 Å². The van der Waals surface area contributed by atoms with Crippen LogP contribution in [0.25, 0.3) is 0 Å². The standard InChI is InChI=1S/C16H23NO2/c1-16(2)12-17(11-7-3-4-10-15(18)19)14-9-6-5-8-13(14)16/h5-6,8-9H,3-4,7,10-12H2,1-2H3,(H,18,19). The Labute approximate surface area is 115 Å². The molecule has 1 aliphatic rings. The average Bonchev–Trinajstić information content (AvgIpc) is 2.61. The third-order valence-corrected chi connectivity index (χ3v) is 3.88. The summed E-state index contributed by atoms with van der Waals surface area (Å²) in [5.41, 5.74) is 3.00. The summed E-state index contributed by atoms with van der Waals surface area (Å²) >= 11 is 0. The van der Waals surface area contributed by atoms with E-state index in [1.165, 1.54) is 11.3 Å². The van der Waals surface area contributed by atoms with Crippen LogP contribution in [0, 0.1) is 0 Å². The van der Waals surface area contributed by atoms with Crippen molar-refractivity contribution in [3.63, 3.8) is 0 Å². The van der Waals surface area contributed by atoms with Crippen molar-refractivity contribution < 1.29 is 9.90 Å². The van der Waals surface area contributed by atoms with Gasteiger partial charge in [0.15, 0.2) is 0 Å². The van der Waals surface area contributed by atoms with Gasteiger partial charge in [0, 0.05) is 30.6 Å². The molecule has 2 rings (SSSR count). The SMILES string of the molecule is CC1(C)CN(CCCCCC(=O)O)c2ccccc21. The maximum Gasteiger partial charge on any atom is 0.303 e. The molecule has 104 valence electrons. The predicted octanol–water partition coefficient (Wildman–Crippen LogP) is 3.43. The highest BCUT2D eigenvalue weighted by Gasteiger charge is 2.33. The van der Waals surface area contributed by atoms with Crippen molar-refractivity contribution in [1.29, 1.82) is 0 Å². The minimum absolute atomic E-state index is 0.220. The van der Waals surface area contributed by atoms with E-state index in [-0.39, 0.29) is 5.41 Å². The van der Waals surface area contributed by atoms with Crippen LogP contribution in [0.15, 0.2) is 24.3 Å². The van der Waals surface area contributed by atoms with Gasteiger partial charge < -0.3 is 10.0 Å². The summed E-state index contributed by atoms with van der Waals surface area (Å²) in [5, 5.41) is 8.61. The first-order valence-corrected chi connectivity index (χ1v) is 7.07. The van der Waals surface area contributed by atoms with Gasteiger partial charge in [-0.1, -0.05) is 38.5 Å². The number of hydrogen-bond donors (Lipinski definition) is 1. The van der Waals surface area contributed by atoms with E-state index in [0.29, 0.717) is 6.42 Å².